The zero-order valence-electron chi connectivity index (χ0n) is 8.54. The van der Waals surface area contributed by atoms with Crippen molar-refractivity contribution in [2.45, 2.75) is 62.8 Å². The van der Waals surface area contributed by atoms with Crippen LogP contribution in [0, 0.1) is 0 Å². The number of hydrogen-bond donors (Lipinski definition) is 0. The van der Waals surface area contributed by atoms with Crippen molar-refractivity contribution in [3.63, 3.8) is 0 Å². The van der Waals surface area contributed by atoms with Gasteiger partial charge in [-0.05, 0) is 32.6 Å². The summed E-state index contributed by atoms with van der Waals surface area (Å²) in [5, 5.41) is 0. The first-order valence-corrected chi connectivity index (χ1v) is 5.58. The molecule has 0 aromatic heterocycles. The Balaban J connectivity index is 1.69. The van der Waals surface area contributed by atoms with Crippen LogP contribution < -0.4 is 0 Å². The fourth-order valence-electron chi connectivity index (χ4n) is 2.57. The van der Waals surface area contributed by atoms with Crippen LogP contribution in [0.3, 0.4) is 0 Å². The van der Waals surface area contributed by atoms with Crippen molar-refractivity contribution >= 4 is 5.97 Å². The van der Waals surface area contributed by atoms with Gasteiger partial charge in [0.25, 0.3) is 0 Å². The molecule has 1 spiro atoms. The highest BCUT2D eigenvalue weighted by Crippen LogP contribution is 2.58. The molecule has 3 aliphatic rings. The lowest BCUT2D eigenvalue weighted by atomic mass is 9.93. The largest absolute Gasteiger partial charge is 0.460 e. The van der Waals surface area contributed by atoms with E-state index in [9.17, 15) is 4.79 Å². The molecule has 3 rings (SSSR count). The average molecular weight is 196 g/mol. The first-order chi connectivity index (χ1) is 6.66. The first-order valence-electron chi connectivity index (χ1n) is 5.58. The van der Waals surface area contributed by atoms with Crippen molar-refractivity contribution in [2.24, 2.45) is 0 Å². The molecular weight excluding hydrogens is 180 g/mol. The van der Waals surface area contributed by atoms with Gasteiger partial charge in [-0.1, -0.05) is 12.8 Å². The van der Waals surface area contributed by atoms with Gasteiger partial charge in [-0.25, -0.2) is 4.79 Å². The van der Waals surface area contributed by atoms with Gasteiger partial charge in [-0.2, -0.15) is 0 Å². The lowest BCUT2D eigenvalue weighted by Gasteiger charge is -2.10. The van der Waals surface area contributed by atoms with E-state index in [0.29, 0.717) is 0 Å². The molecule has 0 N–H and O–H groups in total. The van der Waals surface area contributed by atoms with Gasteiger partial charge in [0.1, 0.15) is 11.7 Å². The van der Waals surface area contributed by atoms with Crippen molar-refractivity contribution in [3.8, 4) is 0 Å². The number of esters is 1. The molecular formula is C11H16O3. The monoisotopic (exact) mass is 196 g/mol. The predicted octanol–water partition coefficient (Wildman–Crippen LogP) is 1.79. The first kappa shape index (κ1) is 8.72. The number of carbonyl (C=O) groups is 1. The Bertz CT molecular complexity index is 276. The lowest BCUT2D eigenvalue weighted by Crippen LogP contribution is -2.32. The van der Waals surface area contributed by atoms with E-state index in [4.69, 9.17) is 9.47 Å². The topological polar surface area (TPSA) is 38.8 Å². The van der Waals surface area contributed by atoms with E-state index in [0.717, 1.165) is 25.7 Å². The Hall–Kier alpha value is -0.570. The second kappa shape index (κ2) is 2.51. The van der Waals surface area contributed by atoms with E-state index in [-0.39, 0.29) is 17.7 Å². The predicted molar refractivity (Wildman–Crippen MR) is 49.8 cm³/mol. The van der Waals surface area contributed by atoms with Gasteiger partial charge >= 0.3 is 5.97 Å². The normalized spacial score (nSPS) is 38.6. The molecule has 3 heteroatoms. The van der Waals surface area contributed by atoms with Crippen LogP contribution in [0.2, 0.25) is 0 Å². The summed E-state index contributed by atoms with van der Waals surface area (Å²) in [6.07, 6.45) is 6.70. The number of rotatable bonds is 2. The van der Waals surface area contributed by atoms with E-state index in [2.05, 4.69) is 0 Å². The molecule has 1 saturated heterocycles. The molecule has 14 heavy (non-hydrogen) atoms. The lowest BCUT2D eigenvalue weighted by molar-refractivity contribution is -0.150. The van der Waals surface area contributed by atoms with Crippen molar-refractivity contribution in [1.29, 1.82) is 0 Å². The molecule has 3 nitrogen and oxygen atoms in total. The summed E-state index contributed by atoms with van der Waals surface area (Å²) in [5.74, 6) is -0.123. The van der Waals surface area contributed by atoms with Gasteiger partial charge in [-0.15, -0.1) is 0 Å². The summed E-state index contributed by atoms with van der Waals surface area (Å²) in [7, 11) is 0. The van der Waals surface area contributed by atoms with Crippen LogP contribution in [0.25, 0.3) is 0 Å². The molecule has 1 unspecified atom stereocenters. The molecule has 0 radical (unpaired) electrons. The van der Waals surface area contributed by atoms with Crippen molar-refractivity contribution < 1.29 is 14.3 Å². The average Bonchev–Trinajstić information content (AvgIpc) is 2.97. The summed E-state index contributed by atoms with van der Waals surface area (Å²) in [5.41, 5.74) is -0.745. The molecule has 0 bridgehead atoms. The third-order valence-corrected chi connectivity index (χ3v) is 3.83. The van der Waals surface area contributed by atoms with E-state index in [1.165, 1.54) is 12.8 Å². The van der Waals surface area contributed by atoms with Gasteiger partial charge in [0.2, 0.25) is 0 Å². The minimum atomic E-state index is -0.605. The third-order valence-electron chi connectivity index (χ3n) is 3.83. The van der Waals surface area contributed by atoms with Crippen LogP contribution in [0.5, 0.6) is 0 Å². The Morgan fingerprint density at radius 3 is 2.57 bits per heavy atom. The second-order valence-corrected chi connectivity index (χ2v) is 4.94. The Morgan fingerprint density at radius 2 is 2.00 bits per heavy atom. The number of epoxide rings is 1. The highest BCUT2D eigenvalue weighted by molar-refractivity contribution is 5.84. The van der Waals surface area contributed by atoms with Crippen LogP contribution in [-0.2, 0) is 14.3 Å². The highest BCUT2D eigenvalue weighted by atomic mass is 16.7. The molecule has 78 valence electrons. The molecule has 1 heterocycles. The second-order valence-electron chi connectivity index (χ2n) is 4.94. The van der Waals surface area contributed by atoms with Gasteiger partial charge in [0.05, 0.1) is 0 Å². The van der Waals surface area contributed by atoms with Crippen molar-refractivity contribution in [3.05, 3.63) is 0 Å². The van der Waals surface area contributed by atoms with Crippen LogP contribution in [0.4, 0.5) is 0 Å². The number of hydrogen-bond acceptors (Lipinski definition) is 3. The van der Waals surface area contributed by atoms with Gasteiger partial charge in [0.15, 0.2) is 5.60 Å². The van der Waals surface area contributed by atoms with Gasteiger partial charge in [0, 0.05) is 0 Å². The van der Waals surface area contributed by atoms with Crippen LogP contribution in [-0.4, -0.2) is 23.3 Å². The fraction of sp³-hybridized carbons (Fsp3) is 0.909. The quantitative estimate of drug-likeness (QED) is 0.499. The van der Waals surface area contributed by atoms with Gasteiger partial charge < -0.3 is 9.47 Å². The van der Waals surface area contributed by atoms with Crippen LogP contribution in [0.15, 0.2) is 0 Å². The highest BCUT2D eigenvalue weighted by Gasteiger charge is 2.73. The molecule has 2 saturated carbocycles. The minimum absolute atomic E-state index is 0.123. The molecule has 1 atom stereocenters. The van der Waals surface area contributed by atoms with Crippen LogP contribution in [0.1, 0.15) is 45.4 Å². The summed E-state index contributed by atoms with van der Waals surface area (Å²) in [4.78, 5) is 11.8. The van der Waals surface area contributed by atoms with Crippen LogP contribution >= 0.6 is 0 Å². The summed E-state index contributed by atoms with van der Waals surface area (Å²) >= 11 is 0. The minimum Gasteiger partial charge on any atom is -0.460 e. The summed E-state index contributed by atoms with van der Waals surface area (Å²) in [6.45, 7) is 1.89. The van der Waals surface area contributed by atoms with E-state index >= 15 is 0 Å². The van der Waals surface area contributed by atoms with Crippen molar-refractivity contribution in [2.75, 3.05) is 0 Å². The molecule has 2 aliphatic carbocycles. The molecule has 1 aliphatic heterocycles. The van der Waals surface area contributed by atoms with E-state index in [1.54, 1.807) is 0 Å². The maximum Gasteiger partial charge on any atom is 0.341 e. The Kier molecular flexibility index (Phi) is 1.56. The molecule has 0 amide bonds. The van der Waals surface area contributed by atoms with Crippen molar-refractivity contribution in [1.82, 2.24) is 0 Å². The summed E-state index contributed by atoms with van der Waals surface area (Å²) < 4.78 is 11.0. The smallest absolute Gasteiger partial charge is 0.341 e. The number of ether oxygens (including phenoxy) is 2. The van der Waals surface area contributed by atoms with E-state index in [1.807, 2.05) is 6.92 Å². The fourth-order valence-corrected chi connectivity index (χ4v) is 2.57. The molecule has 0 aromatic carbocycles. The maximum atomic E-state index is 11.8. The van der Waals surface area contributed by atoms with Gasteiger partial charge in [-0.3, -0.25) is 0 Å². The Labute approximate surface area is 83.8 Å². The Morgan fingerprint density at radius 1 is 1.36 bits per heavy atom. The zero-order valence-corrected chi connectivity index (χ0v) is 8.54. The third kappa shape index (κ3) is 1.05. The zero-order chi connectivity index (χ0) is 9.81. The van der Waals surface area contributed by atoms with E-state index < -0.39 is 5.60 Å². The molecule has 0 aromatic rings. The summed E-state index contributed by atoms with van der Waals surface area (Å²) in [6, 6.07) is 0. The maximum absolute atomic E-state index is 11.8. The molecule has 3 fully saturated rings. The standard InChI is InChI=1S/C11H16O3/c1-10(9(12)13-8-4-5-8)11(14-10)6-2-3-7-11/h8H,2-7H2,1H3. The number of carbonyl (C=O) groups excluding carboxylic acids is 1. The SMILES string of the molecule is CC1(C(=O)OC2CC2)OC12CCCC2.